The summed E-state index contributed by atoms with van der Waals surface area (Å²) in [6, 6.07) is 27.2. The predicted molar refractivity (Wildman–Crippen MR) is 133 cm³/mol. The molecule has 0 aliphatic carbocycles. The number of ether oxygens (including phenoxy) is 3. The van der Waals surface area contributed by atoms with E-state index in [1.54, 1.807) is 18.2 Å². The van der Waals surface area contributed by atoms with Gasteiger partial charge in [-0.05, 0) is 18.2 Å². The second kappa shape index (κ2) is 8.09. The molecule has 0 atom stereocenters. The molecule has 0 saturated heterocycles. The third kappa shape index (κ3) is 3.25. The molecule has 1 aliphatic heterocycles. The van der Waals surface area contributed by atoms with Crippen LogP contribution < -0.4 is 19.6 Å². The molecule has 0 fully saturated rings. The number of hydrogen-bond acceptors (Lipinski definition) is 7. The molecule has 4 aromatic carbocycles. The minimum Gasteiger partial charge on any atom is -0.504 e. The van der Waals surface area contributed by atoms with E-state index in [0.717, 1.165) is 11.1 Å². The fourth-order valence-electron chi connectivity index (χ4n) is 4.44. The average Bonchev–Trinajstić information content (AvgIpc) is 3.31. The van der Waals surface area contributed by atoms with Gasteiger partial charge < -0.3 is 28.8 Å². The van der Waals surface area contributed by atoms with Gasteiger partial charge in [-0.2, -0.15) is 0 Å². The van der Waals surface area contributed by atoms with E-state index in [4.69, 9.17) is 18.6 Å². The van der Waals surface area contributed by atoms with Gasteiger partial charge in [0.1, 0.15) is 16.7 Å². The Labute approximate surface area is 205 Å². The summed E-state index contributed by atoms with van der Waals surface area (Å²) in [6.45, 7) is 0. The van der Waals surface area contributed by atoms with Gasteiger partial charge in [0.15, 0.2) is 28.4 Å². The lowest BCUT2D eigenvalue weighted by Gasteiger charge is -2.28. The van der Waals surface area contributed by atoms with E-state index in [1.807, 2.05) is 60.7 Å². The first-order valence-corrected chi connectivity index (χ1v) is 11.2. The number of rotatable bonds is 4. The third-order valence-corrected chi connectivity index (χ3v) is 6.19. The van der Waals surface area contributed by atoms with Crippen LogP contribution in [0.25, 0.3) is 22.3 Å². The maximum Gasteiger partial charge on any atom is 0.305 e. The van der Waals surface area contributed by atoms with Gasteiger partial charge in [-0.15, -0.1) is 0 Å². The van der Waals surface area contributed by atoms with Crippen LogP contribution in [0.5, 0.6) is 28.7 Å². The first-order chi connectivity index (χ1) is 17.5. The molecule has 1 aromatic heterocycles. The first-order valence-electron chi connectivity index (χ1n) is 11.2. The van der Waals surface area contributed by atoms with Crippen molar-refractivity contribution in [3.8, 4) is 40.1 Å². The SMILES string of the molecule is COc1cc2oc(-c3ccc4c(c3)OC(c3ccccc3)(c3ccccc3)O4)cc(=O)c2c(O)c1O. The molecule has 0 unspecified atom stereocenters. The van der Waals surface area contributed by atoms with Crippen LogP contribution in [-0.4, -0.2) is 17.3 Å². The highest BCUT2D eigenvalue weighted by molar-refractivity contribution is 5.89. The van der Waals surface area contributed by atoms with Crippen molar-refractivity contribution < 1.29 is 28.8 Å². The molecule has 7 nitrogen and oxygen atoms in total. The molecule has 178 valence electrons. The Balaban J connectivity index is 1.46. The van der Waals surface area contributed by atoms with Gasteiger partial charge in [-0.25, -0.2) is 0 Å². The molecule has 0 spiro atoms. The van der Waals surface area contributed by atoms with Gasteiger partial charge in [-0.3, -0.25) is 4.79 Å². The fourth-order valence-corrected chi connectivity index (χ4v) is 4.44. The maximum absolute atomic E-state index is 12.8. The normalized spacial score (nSPS) is 13.6. The van der Waals surface area contributed by atoms with Crippen molar-refractivity contribution >= 4 is 11.0 Å². The topological polar surface area (TPSA) is 98.4 Å². The second-order valence-electron chi connectivity index (χ2n) is 8.34. The Morgan fingerprint density at radius 3 is 2.03 bits per heavy atom. The van der Waals surface area contributed by atoms with Gasteiger partial charge in [0, 0.05) is 28.8 Å². The number of phenolic OH excluding ortho intramolecular Hbond substituents is 2. The molecule has 6 rings (SSSR count). The number of hydrogen-bond donors (Lipinski definition) is 2. The maximum atomic E-state index is 12.8. The Kier molecular flexibility index (Phi) is 4.86. The van der Waals surface area contributed by atoms with Gasteiger partial charge in [-0.1, -0.05) is 60.7 Å². The lowest BCUT2D eigenvalue weighted by molar-refractivity contribution is -0.0459. The Morgan fingerprint density at radius 2 is 1.39 bits per heavy atom. The zero-order valence-corrected chi connectivity index (χ0v) is 19.1. The monoisotopic (exact) mass is 480 g/mol. The molecule has 36 heavy (non-hydrogen) atoms. The number of aromatic hydroxyl groups is 2. The standard InChI is InChI=1S/C29H20O7/c1-33-25-16-24-26(28(32)27(25)31)20(30)15-22(34-24)17-12-13-21-23(14-17)36-29(35-21,18-8-4-2-5-9-18)19-10-6-3-7-11-19/h2-16,31-32H,1H3. The van der Waals surface area contributed by atoms with E-state index in [-0.39, 0.29) is 22.5 Å². The van der Waals surface area contributed by atoms with Gasteiger partial charge in [0.25, 0.3) is 0 Å². The zero-order chi connectivity index (χ0) is 24.9. The second-order valence-corrected chi connectivity index (χ2v) is 8.34. The Bertz CT molecular complexity index is 1620. The first kappa shape index (κ1) is 21.6. The van der Waals surface area contributed by atoms with Gasteiger partial charge >= 0.3 is 5.79 Å². The highest BCUT2D eigenvalue weighted by Crippen LogP contribution is 2.49. The highest BCUT2D eigenvalue weighted by atomic mass is 16.7. The lowest BCUT2D eigenvalue weighted by atomic mass is 9.97. The van der Waals surface area contributed by atoms with E-state index < -0.39 is 22.7 Å². The van der Waals surface area contributed by atoms with Crippen molar-refractivity contribution in [2.24, 2.45) is 0 Å². The van der Waals surface area contributed by atoms with Crippen LogP contribution in [0, 0.1) is 0 Å². The molecule has 5 aromatic rings. The molecule has 1 aliphatic rings. The van der Waals surface area contributed by atoms with E-state index in [1.165, 1.54) is 19.2 Å². The van der Waals surface area contributed by atoms with Crippen LogP contribution in [0.15, 0.2) is 100 Å². The average molecular weight is 480 g/mol. The summed E-state index contributed by atoms with van der Waals surface area (Å²) < 4.78 is 23.9. The van der Waals surface area contributed by atoms with Gasteiger partial charge in [0.05, 0.1) is 7.11 Å². The summed E-state index contributed by atoms with van der Waals surface area (Å²) in [7, 11) is 1.34. The summed E-state index contributed by atoms with van der Waals surface area (Å²) >= 11 is 0. The molecule has 0 radical (unpaired) electrons. The van der Waals surface area contributed by atoms with E-state index in [2.05, 4.69) is 0 Å². The summed E-state index contributed by atoms with van der Waals surface area (Å²) in [5.41, 5.74) is 1.79. The molecule has 7 heteroatoms. The molecular formula is C29H20O7. The van der Waals surface area contributed by atoms with Crippen molar-refractivity contribution in [1.29, 1.82) is 0 Å². The zero-order valence-electron chi connectivity index (χ0n) is 19.1. The predicted octanol–water partition coefficient (Wildman–Crippen LogP) is 5.55. The van der Waals surface area contributed by atoms with Crippen molar-refractivity contribution in [3.63, 3.8) is 0 Å². The van der Waals surface area contributed by atoms with E-state index in [9.17, 15) is 15.0 Å². The lowest BCUT2D eigenvalue weighted by Crippen LogP contribution is -2.36. The van der Waals surface area contributed by atoms with E-state index >= 15 is 0 Å². The van der Waals surface area contributed by atoms with Crippen LogP contribution in [0.3, 0.4) is 0 Å². The minimum absolute atomic E-state index is 0.0125. The smallest absolute Gasteiger partial charge is 0.305 e. The Hall–Kier alpha value is -4.91. The van der Waals surface area contributed by atoms with Crippen LogP contribution in [-0.2, 0) is 5.79 Å². The molecule has 0 saturated carbocycles. The number of phenols is 2. The van der Waals surface area contributed by atoms with Gasteiger partial charge in [0.2, 0.25) is 5.75 Å². The fraction of sp³-hybridized carbons (Fsp3) is 0.0690. The third-order valence-electron chi connectivity index (χ3n) is 6.19. The van der Waals surface area contributed by atoms with Crippen LogP contribution in [0.4, 0.5) is 0 Å². The number of fused-ring (bicyclic) bond motifs is 2. The summed E-state index contributed by atoms with van der Waals surface area (Å²) in [4.78, 5) is 12.8. The minimum atomic E-state index is -1.18. The van der Waals surface area contributed by atoms with E-state index in [0.29, 0.717) is 17.1 Å². The highest BCUT2D eigenvalue weighted by Gasteiger charge is 2.45. The van der Waals surface area contributed by atoms with Crippen molar-refractivity contribution in [2.45, 2.75) is 5.79 Å². The largest absolute Gasteiger partial charge is 0.504 e. The Morgan fingerprint density at radius 1 is 0.750 bits per heavy atom. The molecule has 2 heterocycles. The summed E-state index contributed by atoms with van der Waals surface area (Å²) in [6.07, 6.45) is 0. The molecule has 0 bridgehead atoms. The molecular weight excluding hydrogens is 460 g/mol. The molecule has 0 amide bonds. The van der Waals surface area contributed by atoms with Crippen molar-refractivity contribution in [1.82, 2.24) is 0 Å². The van der Waals surface area contributed by atoms with Crippen LogP contribution in [0.1, 0.15) is 11.1 Å². The number of benzene rings is 4. The van der Waals surface area contributed by atoms with Crippen molar-refractivity contribution in [3.05, 3.63) is 112 Å². The quantitative estimate of drug-likeness (QED) is 0.325. The van der Waals surface area contributed by atoms with Crippen molar-refractivity contribution in [2.75, 3.05) is 7.11 Å². The summed E-state index contributed by atoms with van der Waals surface area (Å²) in [5, 5.41) is 20.2. The van der Waals surface area contributed by atoms with Crippen LogP contribution >= 0.6 is 0 Å². The molecule has 2 N–H and O–H groups in total. The van der Waals surface area contributed by atoms with Crippen LogP contribution in [0.2, 0.25) is 0 Å². The summed E-state index contributed by atoms with van der Waals surface area (Å²) in [5.74, 6) is -1.03. The number of methoxy groups -OCH3 is 1.